The van der Waals surface area contributed by atoms with Gasteiger partial charge in [0.2, 0.25) is 0 Å². The zero-order valence-electron chi connectivity index (χ0n) is 17.2. The molecule has 3 aromatic rings. The number of nitrogens with two attached hydrogens (primary N) is 1. The number of thiophene rings is 1. The van der Waals surface area contributed by atoms with E-state index in [9.17, 15) is 13.5 Å². The van der Waals surface area contributed by atoms with Crippen LogP contribution in [0.5, 0.6) is 0 Å². The molecule has 0 saturated carbocycles. The van der Waals surface area contributed by atoms with Crippen LogP contribution in [0.25, 0.3) is 10.2 Å². The minimum atomic E-state index is -3.16. The quantitative estimate of drug-likeness (QED) is 0.428. The number of nitriles is 1. The van der Waals surface area contributed by atoms with E-state index in [-0.39, 0.29) is 17.2 Å². The van der Waals surface area contributed by atoms with E-state index in [4.69, 9.17) is 11.0 Å². The Kier molecular flexibility index (Phi) is 4.98. The zero-order chi connectivity index (χ0) is 22.6. The largest absolute Gasteiger partial charge is 0.386 e. The molecule has 0 bridgehead atoms. The van der Waals surface area contributed by atoms with E-state index in [2.05, 4.69) is 21.4 Å². The van der Waals surface area contributed by atoms with Gasteiger partial charge in [-0.2, -0.15) is 15.9 Å². The molecule has 0 aliphatic carbocycles. The Bertz CT molecular complexity index is 1260. The van der Waals surface area contributed by atoms with Crippen LogP contribution in [0.3, 0.4) is 0 Å². The van der Waals surface area contributed by atoms with Crippen molar-refractivity contribution in [1.82, 2.24) is 4.98 Å². The molecule has 0 fully saturated rings. The van der Waals surface area contributed by atoms with Crippen molar-refractivity contribution in [3.8, 4) is 6.07 Å². The summed E-state index contributed by atoms with van der Waals surface area (Å²) < 4.78 is 36.0. The first-order valence-corrected chi connectivity index (χ1v) is 12.0. The summed E-state index contributed by atoms with van der Waals surface area (Å²) in [7, 11) is -3.16. The van der Waals surface area contributed by atoms with E-state index in [0.717, 1.165) is 10.4 Å². The second kappa shape index (κ2) is 7.17. The molecule has 7 nitrogen and oxygen atoms in total. The molecule has 162 valence electrons. The minimum Gasteiger partial charge on any atom is -0.386 e. The summed E-state index contributed by atoms with van der Waals surface area (Å²) in [5, 5.41) is 14.2. The van der Waals surface area contributed by atoms with Crippen LogP contribution in [-0.2, 0) is 5.54 Å². The van der Waals surface area contributed by atoms with E-state index in [1.54, 1.807) is 39.0 Å². The highest BCUT2D eigenvalue weighted by atomic mass is 32.3. The van der Waals surface area contributed by atoms with Crippen LogP contribution >= 0.6 is 21.9 Å². The van der Waals surface area contributed by atoms with Crippen LogP contribution in [0.1, 0.15) is 31.9 Å². The van der Waals surface area contributed by atoms with Gasteiger partial charge in [-0.3, -0.25) is 19.1 Å². The number of rotatable bonds is 3. The molecular formula is C21H22FN5O2S2. The van der Waals surface area contributed by atoms with Gasteiger partial charge in [-0.15, -0.1) is 11.3 Å². The van der Waals surface area contributed by atoms with Crippen LogP contribution in [0.2, 0.25) is 0 Å². The molecule has 0 radical (unpaired) electrons. The Labute approximate surface area is 184 Å². The maximum absolute atomic E-state index is 14.9. The van der Waals surface area contributed by atoms with Gasteiger partial charge in [0, 0.05) is 22.8 Å². The number of aliphatic imine (C=N–C) groups is 1. The van der Waals surface area contributed by atoms with Crippen molar-refractivity contribution in [2.24, 2.45) is 10.7 Å². The predicted octanol–water partition coefficient (Wildman–Crippen LogP) is 5.17. The summed E-state index contributed by atoms with van der Waals surface area (Å²) in [6.45, 7) is 4.90. The molecular weight excluding hydrogens is 437 g/mol. The highest BCUT2D eigenvalue weighted by molar-refractivity contribution is 8.26. The standard InChI is InChI=1S/C21H22FN5O2S2/c1-20(2)19(24)27-21(3,11-31(20,28)29)14-7-13(4-5-15(14)22)26-16-10-30-17-6-12(8-23)9-25-18(16)17/h4-7,9-10,26,28-29H,11H2,1-3H3,(H2,24,27). The summed E-state index contributed by atoms with van der Waals surface area (Å²) in [5.41, 5.74) is 7.57. The maximum atomic E-state index is 14.9. The van der Waals surface area contributed by atoms with E-state index in [0.29, 0.717) is 16.8 Å². The number of amidine groups is 1. The monoisotopic (exact) mass is 459 g/mol. The van der Waals surface area contributed by atoms with Crippen LogP contribution in [0, 0.1) is 17.1 Å². The molecule has 5 N–H and O–H groups in total. The number of halogens is 1. The average Bonchev–Trinajstić information content (AvgIpc) is 3.09. The normalized spacial score (nSPS) is 23.1. The predicted molar refractivity (Wildman–Crippen MR) is 125 cm³/mol. The molecule has 10 heteroatoms. The first-order chi connectivity index (χ1) is 14.5. The topological polar surface area (TPSA) is 128 Å². The lowest BCUT2D eigenvalue weighted by Gasteiger charge is -2.53. The number of hydrogen-bond acceptors (Lipinski definition) is 8. The number of hydrogen-bond donors (Lipinski definition) is 4. The van der Waals surface area contributed by atoms with Crippen molar-refractivity contribution in [1.29, 1.82) is 5.26 Å². The highest BCUT2D eigenvalue weighted by Gasteiger charge is 2.49. The second-order valence-corrected chi connectivity index (χ2v) is 11.8. The molecule has 0 amide bonds. The zero-order valence-corrected chi connectivity index (χ0v) is 18.8. The van der Waals surface area contributed by atoms with Crippen molar-refractivity contribution in [3.05, 3.63) is 52.8 Å². The molecule has 1 aromatic carbocycles. The second-order valence-electron chi connectivity index (χ2n) is 8.24. The Morgan fingerprint density at radius 2 is 2.03 bits per heavy atom. The lowest BCUT2D eigenvalue weighted by Crippen LogP contribution is -2.52. The van der Waals surface area contributed by atoms with E-state index < -0.39 is 26.7 Å². The summed E-state index contributed by atoms with van der Waals surface area (Å²) >= 11 is 1.45. The number of anilines is 2. The Morgan fingerprint density at radius 1 is 1.29 bits per heavy atom. The molecule has 3 heterocycles. The van der Waals surface area contributed by atoms with Crippen molar-refractivity contribution in [2.45, 2.75) is 31.1 Å². The van der Waals surface area contributed by atoms with Crippen molar-refractivity contribution < 1.29 is 13.5 Å². The van der Waals surface area contributed by atoms with Gasteiger partial charge in [0.15, 0.2) is 0 Å². The number of nitrogens with one attached hydrogen (secondary N) is 1. The molecule has 1 unspecified atom stereocenters. The van der Waals surface area contributed by atoms with Crippen LogP contribution in [0.15, 0.2) is 40.8 Å². The van der Waals surface area contributed by atoms with Gasteiger partial charge in [-0.1, -0.05) is 0 Å². The summed E-state index contributed by atoms with van der Waals surface area (Å²) in [4.78, 5) is 8.83. The minimum absolute atomic E-state index is 0.0836. The first-order valence-electron chi connectivity index (χ1n) is 9.42. The van der Waals surface area contributed by atoms with Crippen molar-refractivity contribution in [2.75, 3.05) is 11.1 Å². The van der Waals surface area contributed by atoms with Gasteiger partial charge in [0.1, 0.15) is 33.5 Å². The number of benzene rings is 1. The number of aromatic nitrogens is 1. The van der Waals surface area contributed by atoms with Crippen molar-refractivity contribution in [3.63, 3.8) is 0 Å². The van der Waals surface area contributed by atoms with Gasteiger partial charge in [-0.25, -0.2) is 4.39 Å². The number of nitrogens with zero attached hydrogens (tertiary/aromatic N) is 3. The molecule has 4 rings (SSSR count). The molecule has 1 aliphatic rings. The maximum Gasteiger partial charge on any atom is 0.129 e. The molecule has 0 saturated heterocycles. The van der Waals surface area contributed by atoms with Crippen LogP contribution in [0.4, 0.5) is 15.8 Å². The van der Waals surface area contributed by atoms with Gasteiger partial charge in [-0.05, 0) is 45.0 Å². The average molecular weight is 460 g/mol. The Hall–Kier alpha value is -2.71. The lowest BCUT2D eigenvalue weighted by atomic mass is 9.92. The highest BCUT2D eigenvalue weighted by Crippen LogP contribution is 2.59. The molecule has 1 aliphatic heterocycles. The number of pyridine rings is 1. The lowest BCUT2D eigenvalue weighted by molar-refractivity contribution is 0.417. The molecule has 0 spiro atoms. The fourth-order valence-corrected chi connectivity index (χ4v) is 6.18. The third-order valence-corrected chi connectivity index (χ3v) is 9.38. The van der Waals surface area contributed by atoms with Crippen molar-refractivity contribution >= 4 is 49.4 Å². The molecule has 31 heavy (non-hydrogen) atoms. The smallest absolute Gasteiger partial charge is 0.129 e. The molecule has 1 atom stereocenters. The summed E-state index contributed by atoms with van der Waals surface area (Å²) in [6.07, 6.45) is 1.50. The van der Waals surface area contributed by atoms with Gasteiger partial charge in [0.25, 0.3) is 0 Å². The van der Waals surface area contributed by atoms with Gasteiger partial charge >= 0.3 is 0 Å². The third-order valence-electron chi connectivity index (χ3n) is 5.65. The van der Waals surface area contributed by atoms with Crippen LogP contribution in [-0.4, -0.2) is 30.4 Å². The van der Waals surface area contributed by atoms with E-state index in [1.807, 2.05) is 5.38 Å². The first kappa shape index (κ1) is 21.5. The van der Waals surface area contributed by atoms with E-state index in [1.165, 1.54) is 23.6 Å². The fourth-order valence-electron chi connectivity index (χ4n) is 3.55. The summed E-state index contributed by atoms with van der Waals surface area (Å²) in [6, 6.07) is 8.34. The SMILES string of the molecule is CC1(c2cc(Nc3csc4cc(C#N)cnc34)ccc2F)CS(O)(O)C(C)(C)C(N)=N1. The Morgan fingerprint density at radius 3 is 2.71 bits per heavy atom. The molecule has 2 aromatic heterocycles. The summed E-state index contributed by atoms with van der Waals surface area (Å²) in [5.74, 6) is -0.555. The fraction of sp³-hybridized carbons (Fsp3) is 0.286. The Balaban J connectivity index is 1.73. The van der Waals surface area contributed by atoms with Gasteiger partial charge in [0.05, 0.1) is 21.7 Å². The third kappa shape index (κ3) is 3.53. The van der Waals surface area contributed by atoms with Gasteiger partial charge < -0.3 is 11.1 Å². The number of fused-ring (bicyclic) bond motifs is 1. The van der Waals surface area contributed by atoms with Crippen LogP contribution < -0.4 is 11.1 Å². The van der Waals surface area contributed by atoms with E-state index >= 15 is 0 Å².